The molecular formula is C16H22Cl2Si. The summed E-state index contributed by atoms with van der Waals surface area (Å²) < 4.78 is 0. The third-order valence-corrected chi connectivity index (χ3v) is 8.36. The average molecular weight is 313 g/mol. The summed E-state index contributed by atoms with van der Waals surface area (Å²) in [7, 11) is -0.528. The van der Waals surface area contributed by atoms with Gasteiger partial charge in [-0.25, -0.2) is 0 Å². The lowest BCUT2D eigenvalue weighted by atomic mass is 10.1. The smallest absolute Gasteiger partial charge is 0.0889 e. The summed E-state index contributed by atoms with van der Waals surface area (Å²) in [5, 5.41) is 5.05. The van der Waals surface area contributed by atoms with Gasteiger partial charge >= 0.3 is 0 Å². The highest BCUT2D eigenvalue weighted by molar-refractivity contribution is 6.61. The van der Waals surface area contributed by atoms with Gasteiger partial charge in [0.2, 0.25) is 0 Å². The van der Waals surface area contributed by atoms with Crippen molar-refractivity contribution in [1.29, 1.82) is 0 Å². The quantitative estimate of drug-likeness (QED) is 0.616. The van der Waals surface area contributed by atoms with Gasteiger partial charge in [-0.15, -0.1) is 0 Å². The maximum Gasteiger partial charge on any atom is 0.0912 e. The molecule has 0 aromatic carbocycles. The van der Waals surface area contributed by atoms with Crippen LogP contribution in [0.1, 0.15) is 53.4 Å². The Kier molecular flexibility index (Phi) is 4.81. The highest BCUT2D eigenvalue weighted by Crippen LogP contribution is 2.40. The summed E-state index contributed by atoms with van der Waals surface area (Å²) in [4.78, 5) is 0. The van der Waals surface area contributed by atoms with Crippen molar-refractivity contribution in [3.63, 3.8) is 0 Å². The van der Waals surface area contributed by atoms with Gasteiger partial charge in [0.05, 0.1) is 9.52 Å². The molecule has 2 aliphatic carbocycles. The van der Waals surface area contributed by atoms with Gasteiger partial charge in [0, 0.05) is 22.9 Å². The number of rotatable bonds is 4. The van der Waals surface area contributed by atoms with Gasteiger partial charge in [-0.3, -0.25) is 0 Å². The van der Waals surface area contributed by atoms with E-state index in [4.69, 9.17) is 23.2 Å². The molecule has 2 aliphatic rings. The molecule has 0 radical (unpaired) electrons. The van der Waals surface area contributed by atoms with Crippen molar-refractivity contribution in [3.8, 4) is 0 Å². The van der Waals surface area contributed by atoms with Gasteiger partial charge in [-0.05, 0) is 37.1 Å². The van der Waals surface area contributed by atoms with Crippen molar-refractivity contribution in [2.45, 2.75) is 53.4 Å². The van der Waals surface area contributed by atoms with E-state index in [0.29, 0.717) is 0 Å². The average Bonchev–Trinajstić information content (AvgIpc) is 2.82. The lowest BCUT2D eigenvalue weighted by Gasteiger charge is -2.10. The van der Waals surface area contributed by atoms with E-state index in [2.05, 4.69) is 27.7 Å². The molecule has 19 heavy (non-hydrogen) atoms. The lowest BCUT2D eigenvalue weighted by Crippen LogP contribution is -2.04. The maximum atomic E-state index is 6.48. The van der Waals surface area contributed by atoms with E-state index >= 15 is 0 Å². The van der Waals surface area contributed by atoms with E-state index in [9.17, 15) is 0 Å². The van der Waals surface area contributed by atoms with Crippen LogP contribution in [0.3, 0.4) is 0 Å². The van der Waals surface area contributed by atoms with Crippen LogP contribution in [0.4, 0.5) is 0 Å². The third-order valence-electron chi connectivity index (χ3n) is 4.57. The number of allylic oxidation sites excluding steroid dienone is 8. The van der Waals surface area contributed by atoms with Gasteiger partial charge in [-0.2, -0.15) is 0 Å². The minimum atomic E-state index is -0.528. The number of halogens is 2. The molecule has 0 bridgehead atoms. The van der Waals surface area contributed by atoms with Crippen LogP contribution in [-0.4, -0.2) is 9.52 Å². The normalized spacial score (nSPS) is 20.5. The van der Waals surface area contributed by atoms with Crippen LogP contribution in [0.25, 0.3) is 0 Å². The molecule has 0 aromatic heterocycles. The monoisotopic (exact) mass is 312 g/mol. The van der Waals surface area contributed by atoms with E-state index in [0.717, 1.165) is 35.7 Å². The Morgan fingerprint density at radius 1 is 0.842 bits per heavy atom. The van der Waals surface area contributed by atoms with Crippen LogP contribution in [0.5, 0.6) is 0 Å². The first-order chi connectivity index (χ1) is 8.99. The van der Waals surface area contributed by atoms with Crippen LogP contribution in [0.15, 0.2) is 42.7 Å². The van der Waals surface area contributed by atoms with Crippen molar-refractivity contribution in [2.24, 2.45) is 0 Å². The first kappa shape index (κ1) is 15.2. The molecule has 2 rings (SSSR count). The molecule has 0 saturated carbocycles. The van der Waals surface area contributed by atoms with Crippen molar-refractivity contribution in [2.75, 3.05) is 0 Å². The molecule has 0 aliphatic heterocycles. The van der Waals surface area contributed by atoms with E-state index in [1.54, 1.807) is 0 Å². The van der Waals surface area contributed by atoms with E-state index in [1.165, 1.54) is 32.7 Å². The zero-order valence-corrected chi connectivity index (χ0v) is 15.2. The second-order valence-corrected chi connectivity index (χ2v) is 8.14. The molecule has 0 N–H and O–H groups in total. The molecule has 0 spiro atoms. The summed E-state index contributed by atoms with van der Waals surface area (Å²) in [5.74, 6) is 0. The molecular weight excluding hydrogens is 291 g/mol. The van der Waals surface area contributed by atoms with Crippen molar-refractivity contribution >= 4 is 32.7 Å². The van der Waals surface area contributed by atoms with Crippen LogP contribution >= 0.6 is 23.2 Å². The second-order valence-electron chi connectivity index (χ2n) is 5.46. The molecule has 0 saturated heterocycles. The fourth-order valence-corrected chi connectivity index (χ4v) is 6.13. The Hall–Kier alpha value is -0.243. The zero-order chi connectivity index (χ0) is 14.2. The third kappa shape index (κ3) is 2.79. The number of hydrogen-bond donors (Lipinski definition) is 0. The molecule has 0 aromatic rings. The Bertz CT molecular complexity index is 485. The largest absolute Gasteiger partial charge is 0.0912 e. The Morgan fingerprint density at radius 3 is 1.47 bits per heavy atom. The fraction of sp³-hybridized carbons (Fsp3) is 0.500. The highest BCUT2D eigenvalue weighted by Gasteiger charge is 2.25. The van der Waals surface area contributed by atoms with Gasteiger partial charge in [0.15, 0.2) is 0 Å². The van der Waals surface area contributed by atoms with E-state index < -0.39 is 9.52 Å². The molecule has 0 heterocycles. The fourth-order valence-electron chi connectivity index (χ4n) is 3.10. The molecule has 0 amide bonds. The van der Waals surface area contributed by atoms with Crippen LogP contribution in [0, 0.1) is 0 Å². The summed E-state index contributed by atoms with van der Waals surface area (Å²) in [6, 6.07) is 0. The Morgan fingerprint density at radius 2 is 1.21 bits per heavy atom. The van der Waals surface area contributed by atoms with Gasteiger partial charge < -0.3 is 0 Å². The standard InChI is InChI=1S/C16H22Cl2Si/c1-5-11-7-13(17)15(9(11)3)19-16-10(4)12(6-2)8-14(16)18/h5-8,19H2,1-4H3. The van der Waals surface area contributed by atoms with E-state index in [1.807, 2.05) is 0 Å². The minimum absolute atomic E-state index is 0.528. The second kappa shape index (κ2) is 6.03. The summed E-state index contributed by atoms with van der Waals surface area (Å²) in [6.07, 6.45) is 4.17. The molecule has 0 atom stereocenters. The summed E-state index contributed by atoms with van der Waals surface area (Å²) in [5.41, 5.74) is 5.93. The molecule has 3 heteroatoms. The first-order valence-corrected chi connectivity index (χ1v) is 9.29. The van der Waals surface area contributed by atoms with Crippen LogP contribution < -0.4 is 0 Å². The van der Waals surface area contributed by atoms with Crippen molar-refractivity contribution in [3.05, 3.63) is 42.7 Å². The first-order valence-electron chi connectivity index (χ1n) is 7.12. The number of hydrogen-bond acceptors (Lipinski definition) is 0. The highest BCUT2D eigenvalue weighted by atomic mass is 35.5. The SMILES string of the molecule is CCC1=C(C)C([SiH2]C2=C(Cl)CC(CC)=C2C)=C(Cl)C1. The zero-order valence-electron chi connectivity index (χ0n) is 12.3. The Labute approximate surface area is 129 Å². The van der Waals surface area contributed by atoms with Crippen molar-refractivity contribution in [1.82, 2.24) is 0 Å². The maximum absolute atomic E-state index is 6.48. The Balaban J connectivity index is 2.28. The predicted molar refractivity (Wildman–Crippen MR) is 89.5 cm³/mol. The summed E-state index contributed by atoms with van der Waals surface area (Å²) in [6.45, 7) is 8.91. The van der Waals surface area contributed by atoms with Gasteiger partial charge in [0.25, 0.3) is 0 Å². The lowest BCUT2D eigenvalue weighted by molar-refractivity contribution is 1.02. The minimum Gasteiger partial charge on any atom is -0.0889 e. The molecule has 0 nitrogen and oxygen atoms in total. The van der Waals surface area contributed by atoms with Gasteiger partial charge in [0.1, 0.15) is 0 Å². The molecule has 0 fully saturated rings. The van der Waals surface area contributed by atoms with Crippen LogP contribution in [-0.2, 0) is 0 Å². The van der Waals surface area contributed by atoms with E-state index in [-0.39, 0.29) is 0 Å². The topological polar surface area (TPSA) is 0 Å². The molecule has 0 unspecified atom stereocenters. The van der Waals surface area contributed by atoms with Gasteiger partial charge in [-0.1, -0.05) is 59.3 Å². The summed E-state index contributed by atoms with van der Waals surface area (Å²) >= 11 is 13.0. The van der Waals surface area contributed by atoms with Crippen LogP contribution in [0.2, 0.25) is 0 Å². The van der Waals surface area contributed by atoms with Crippen molar-refractivity contribution < 1.29 is 0 Å². The molecule has 104 valence electrons. The predicted octanol–water partition coefficient (Wildman–Crippen LogP) is 5.32.